The van der Waals surface area contributed by atoms with E-state index < -0.39 is 0 Å². The number of benzene rings is 3. The molecule has 0 aliphatic rings. The zero-order valence-electron chi connectivity index (χ0n) is 20.1. The highest BCUT2D eigenvalue weighted by atomic mass is 16.5. The van der Waals surface area contributed by atoms with Crippen molar-refractivity contribution < 1.29 is 9.53 Å². The number of aromatic nitrogens is 2. The maximum absolute atomic E-state index is 13.8. The number of fused-ring (bicyclic) bond motifs is 1. The highest BCUT2D eigenvalue weighted by molar-refractivity contribution is 5.96. The second-order valence-corrected chi connectivity index (χ2v) is 8.17. The molecule has 1 amide bonds. The van der Waals surface area contributed by atoms with Gasteiger partial charge in [-0.2, -0.15) is 0 Å². The SMILES string of the molecule is CCOCN(C(=O)Cn1c(C=Cc2ccccc2)nc2ccccc21)c1c(C)cccc1CC. The number of ether oxygens (including phenoxy) is 1. The molecule has 3 aromatic carbocycles. The Balaban J connectivity index is 1.73. The van der Waals surface area contributed by atoms with Gasteiger partial charge in [-0.15, -0.1) is 0 Å². The summed E-state index contributed by atoms with van der Waals surface area (Å²) in [5.74, 6) is 0.713. The van der Waals surface area contributed by atoms with Gasteiger partial charge in [-0.3, -0.25) is 9.69 Å². The van der Waals surface area contributed by atoms with Crippen molar-refractivity contribution in [3.63, 3.8) is 0 Å². The molecule has 0 radical (unpaired) electrons. The molecule has 5 heteroatoms. The Morgan fingerprint density at radius 1 is 0.971 bits per heavy atom. The van der Waals surface area contributed by atoms with Crippen molar-refractivity contribution >= 4 is 34.8 Å². The Kier molecular flexibility index (Phi) is 7.55. The number of hydrogen-bond acceptors (Lipinski definition) is 3. The highest BCUT2D eigenvalue weighted by Gasteiger charge is 2.22. The molecular weight excluding hydrogens is 422 g/mol. The van der Waals surface area contributed by atoms with Crippen LogP contribution in [0.25, 0.3) is 23.2 Å². The summed E-state index contributed by atoms with van der Waals surface area (Å²) < 4.78 is 7.72. The van der Waals surface area contributed by atoms with Gasteiger partial charge >= 0.3 is 0 Å². The van der Waals surface area contributed by atoms with Crippen LogP contribution in [-0.2, 0) is 22.5 Å². The van der Waals surface area contributed by atoms with Crippen LogP contribution in [0.1, 0.15) is 36.4 Å². The van der Waals surface area contributed by atoms with E-state index in [9.17, 15) is 4.79 Å². The maximum atomic E-state index is 13.8. The van der Waals surface area contributed by atoms with Gasteiger partial charge in [-0.25, -0.2) is 4.98 Å². The van der Waals surface area contributed by atoms with E-state index in [2.05, 4.69) is 13.0 Å². The quantitative estimate of drug-likeness (QED) is 0.288. The molecule has 0 saturated heterocycles. The fraction of sp³-hybridized carbons (Fsp3) is 0.241. The summed E-state index contributed by atoms with van der Waals surface area (Å²) in [5, 5.41) is 0. The molecule has 4 aromatic rings. The molecule has 0 unspecified atom stereocenters. The second-order valence-electron chi connectivity index (χ2n) is 8.17. The molecule has 34 heavy (non-hydrogen) atoms. The summed E-state index contributed by atoms with van der Waals surface area (Å²) in [5.41, 5.74) is 6.01. The lowest BCUT2D eigenvalue weighted by Crippen LogP contribution is -2.37. The summed E-state index contributed by atoms with van der Waals surface area (Å²) in [6.07, 6.45) is 4.84. The van der Waals surface area contributed by atoms with Gasteiger partial charge in [0.2, 0.25) is 5.91 Å². The molecule has 1 aromatic heterocycles. The number of carbonyl (C=O) groups is 1. The molecule has 5 nitrogen and oxygen atoms in total. The lowest BCUT2D eigenvalue weighted by Gasteiger charge is -2.27. The predicted molar refractivity (Wildman–Crippen MR) is 140 cm³/mol. The minimum atomic E-state index is -0.0324. The van der Waals surface area contributed by atoms with Crippen molar-refractivity contribution in [2.45, 2.75) is 33.7 Å². The normalized spacial score (nSPS) is 11.4. The maximum Gasteiger partial charge on any atom is 0.248 e. The van der Waals surface area contributed by atoms with Gasteiger partial charge in [0.15, 0.2) is 0 Å². The van der Waals surface area contributed by atoms with E-state index in [-0.39, 0.29) is 19.2 Å². The summed E-state index contributed by atoms with van der Waals surface area (Å²) >= 11 is 0. The first-order chi connectivity index (χ1) is 16.6. The molecule has 0 saturated carbocycles. The van der Waals surface area contributed by atoms with Crippen LogP contribution in [0.2, 0.25) is 0 Å². The van der Waals surface area contributed by atoms with E-state index in [4.69, 9.17) is 9.72 Å². The summed E-state index contributed by atoms with van der Waals surface area (Å²) in [4.78, 5) is 20.4. The zero-order valence-corrected chi connectivity index (χ0v) is 20.1. The van der Waals surface area contributed by atoms with E-state index in [0.29, 0.717) is 6.61 Å². The zero-order chi connectivity index (χ0) is 23.9. The fourth-order valence-electron chi connectivity index (χ4n) is 4.18. The van der Waals surface area contributed by atoms with Crippen molar-refractivity contribution in [1.82, 2.24) is 9.55 Å². The van der Waals surface area contributed by atoms with Crippen LogP contribution in [0.3, 0.4) is 0 Å². The molecule has 0 spiro atoms. The molecular formula is C29H31N3O2. The first-order valence-electron chi connectivity index (χ1n) is 11.8. The summed E-state index contributed by atoms with van der Waals surface area (Å²) in [6.45, 7) is 7.01. The van der Waals surface area contributed by atoms with E-state index in [1.54, 1.807) is 4.90 Å². The van der Waals surface area contributed by atoms with Crippen molar-refractivity contribution in [1.29, 1.82) is 0 Å². The lowest BCUT2D eigenvalue weighted by atomic mass is 10.0. The average molecular weight is 454 g/mol. The van der Waals surface area contributed by atoms with Gasteiger partial charge < -0.3 is 9.30 Å². The molecule has 0 bridgehead atoms. The third-order valence-electron chi connectivity index (χ3n) is 5.90. The lowest BCUT2D eigenvalue weighted by molar-refractivity contribution is -0.120. The Bertz CT molecular complexity index is 1290. The number of aryl methyl sites for hydroxylation is 2. The van der Waals surface area contributed by atoms with Crippen LogP contribution >= 0.6 is 0 Å². The Morgan fingerprint density at radius 2 is 1.74 bits per heavy atom. The summed E-state index contributed by atoms with van der Waals surface area (Å²) in [6, 6.07) is 24.2. The van der Waals surface area contributed by atoms with E-state index in [1.807, 2.05) is 97.3 Å². The van der Waals surface area contributed by atoms with Crippen LogP contribution in [0.4, 0.5) is 5.69 Å². The van der Waals surface area contributed by atoms with Gasteiger partial charge in [-0.1, -0.05) is 73.7 Å². The van der Waals surface area contributed by atoms with E-state index in [1.165, 1.54) is 0 Å². The topological polar surface area (TPSA) is 47.4 Å². The molecule has 4 rings (SSSR count). The second kappa shape index (κ2) is 10.9. The molecule has 0 aliphatic carbocycles. The van der Waals surface area contributed by atoms with Gasteiger partial charge in [-0.05, 0) is 55.2 Å². The number of carbonyl (C=O) groups excluding carboxylic acids is 1. The van der Waals surface area contributed by atoms with Gasteiger partial charge in [0.05, 0.1) is 16.7 Å². The average Bonchev–Trinajstić information content (AvgIpc) is 3.21. The molecule has 0 atom stereocenters. The van der Waals surface area contributed by atoms with Crippen LogP contribution < -0.4 is 4.90 Å². The van der Waals surface area contributed by atoms with Crippen LogP contribution in [-0.4, -0.2) is 28.8 Å². The van der Waals surface area contributed by atoms with E-state index >= 15 is 0 Å². The van der Waals surface area contributed by atoms with Crippen molar-refractivity contribution in [2.75, 3.05) is 18.2 Å². The fourth-order valence-corrected chi connectivity index (χ4v) is 4.18. The van der Waals surface area contributed by atoms with E-state index in [0.717, 1.165) is 45.7 Å². The highest BCUT2D eigenvalue weighted by Crippen LogP contribution is 2.27. The molecule has 0 fully saturated rings. The standard InChI is InChI=1S/C29H31N3O2/c1-4-24-15-11-12-22(3)29(24)32(21-34-5-2)28(33)20-31-26-17-10-9-16-25(26)30-27(31)19-18-23-13-7-6-8-14-23/h6-19H,4-5,20-21H2,1-3H3. The third-order valence-corrected chi connectivity index (χ3v) is 5.90. The Hall–Kier alpha value is -3.70. The smallest absolute Gasteiger partial charge is 0.248 e. The first kappa shape index (κ1) is 23.5. The molecule has 1 heterocycles. The van der Waals surface area contributed by atoms with Gasteiger partial charge in [0, 0.05) is 6.61 Å². The van der Waals surface area contributed by atoms with Crippen molar-refractivity contribution in [3.05, 3.63) is 95.3 Å². The number of anilines is 1. The number of nitrogens with zero attached hydrogens (tertiary/aromatic N) is 3. The van der Waals surface area contributed by atoms with Crippen LogP contribution in [0.5, 0.6) is 0 Å². The van der Waals surface area contributed by atoms with Crippen LogP contribution in [0.15, 0.2) is 72.8 Å². The molecule has 174 valence electrons. The minimum absolute atomic E-state index is 0.0324. The number of hydrogen-bond donors (Lipinski definition) is 0. The van der Waals surface area contributed by atoms with Crippen LogP contribution in [0, 0.1) is 6.92 Å². The Morgan fingerprint density at radius 3 is 2.50 bits per heavy atom. The molecule has 0 N–H and O–H groups in total. The number of amides is 1. The number of rotatable bonds is 9. The first-order valence-corrected chi connectivity index (χ1v) is 11.8. The summed E-state index contributed by atoms with van der Waals surface area (Å²) in [7, 11) is 0. The van der Waals surface area contributed by atoms with Crippen molar-refractivity contribution in [2.24, 2.45) is 0 Å². The monoisotopic (exact) mass is 453 g/mol. The number of para-hydroxylation sites is 3. The minimum Gasteiger partial charge on any atom is -0.361 e. The third kappa shape index (κ3) is 5.10. The largest absolute Gasteiger partial charge is 0.361 e. The Labute approximate surface area is 201 Å². The van der Waals surface area contributed by atoms with Gasteiger partial charge in [0.1, 0.15) is 19.1 Å². The molecule has 0 aliphatic heterocycles. The van der Waals surface area contributed by atoms with Gasteiger partial charge in [0.25, 0.3) is 0 Å². The van der Waals surface area contributed by atoms with Crippen molar-refractivity contribution in [3.8, 4) is 0 Å². The number of imidazole rings is 1. The predicted octanol–water partition coefficient (Wildman–Crippen LogP) is 6.10.